The van der Waals surface area contributed by atoms with E-state index in [9.17, 15) is 4.79 Å². The summed E-state index contributed by atoms with van der Waals surface area (Å²) in [5.74, 6) is 1.71. The fourth-order valence-electron chi connectivity index (χ4n) is 2.50. The minimum absolute atomic E-state index is 0.0537. The van der Waals surface area contributed by atoms with Crippen LogP contribution in [0.25, 0.3) is 0 Å². The molecule has 0 saturated carbocycles. The summed E-state index contributed by atoms with van der Waals surface area (Å²) in [6.45, 7) is 4.15. The van der Waals surface area contributed by atoms with Gasteiger partial charge in [0.2, 0.25) is 5.75 Å². The predicted octanol–water partition coefficient (Wildman–Crippen LogP) is 4.29. The first kappa shape index (κ1) is 18.9. The molecule has 2 N–H and O–H groups in total. The van der Waals surface area contributed by atoms with E-state index in [0.29, 0.717) is 22.9 Å². The molecule has 0 aliphatic heterocycles. The number of urea groups is 1. The number of ether oxygens (including phenoxy) is 3. The summed E-state index contributed by atoms with van der Waals surface area (Å²) in [5.41, 5.74) is 0.556. The highest BCUT2D eigenvalue weighted by molar-refractivity contribution is 7.10. The van der Waals surface area contributed by atoms with E-state index in [1.54, 1.807) is 23.5 Å². The number of carbonyl (C=O) groups excluding carboxylic acids is 1. The molecule has 0 fully saturated rings. The van der Waals surface area contributed by atoms with Crippen molar-refractivity contribution in [3.05, 3.63) is 34.5 Å². The van der Waals surface area contributed by atoms with Crippen LogP contribution in [-0.2, 0) is 0 Å². The molecule has 1 atom stereocenters. The lowest BCUT2D eigenvalue weighted by atomic mass is 10.0. The molecule has 0 radical (unpaired) electrons. The van der Waals surface area contributed by atoms with E-state index in [-0.39, 0.29) is 18.0 Å². The first-order chi connectivity index (χ1) is 12.0. The number of carbonyl (C=O) groups is 1. The second-order valence-corrected chi connectivity index (χ2v) is 6.73. The van der Waals surface area contributed by atoms with Crippen molar-refractivity contribution >= 4 is 23.1 Å². The highest BCUT2D eigenvalue weighted by Gasteiger charge is 2.20. The molecule has 6 nitrogen and oxygen atoms in total. The van der Waals surface area contributed by atoms with E-state index in [1.165, 1.54) is 21.3 Å². The van der Waals surface area contributed by atoms with Gasteiger partial charge in [-0.1, -0.05) is 19.9 Å². The summed E-state index contributed by atoms with van der Waals surface area (Å²) in [4.78, 5) is 13.6. The van der Waals surface area contributed by atoms with Crippen LogP contribution in [0, 0.1) is 5.92 Å². The van der Waals surface area contributed by atoms with Crippen molar-refractivity contribution in [2.45, 2.75) is 19.9 Å². The molecule has 1 aromatic carbocycles. The number of amides is 2. The Bertz CT molecular complexity index is 676. The molecule has 0 saturated heterocycles. The fourth-order valence-corrected chi connectivity index (χ4v) is 3.45. The Balaban J connectivity index is 2.17. The molecule has 2 rings (SSSR count). The average Bonchev–Trinajstić information content (AvgIpc) is 3.12. The first-order valence-electron chi connectivity index (χ1n) is 7.91. The molecular formula is C18H24N2O4S. The third-order valence-electron chi connectivity index (χ3n) is 3.73. The third kappa shape index (κ3) is 4.57. The van der Waals surface area contributed by atoms with Gasteiger partial charge >= 0.3 is 6.03 Å². The fraction of sp³-hybridized carbons (Fsp3) is 0.389. The van der Waals surface area contributed by atoms with Crippen molar-refractivity contribution in [3.8, 4) is 17.2 Å². The number of benzene rings is 1. The molecule has 7 heteroatoms. The van der Waals surface area contributed by atoms with Gasteiger partial charge in [-0.25, -0.2) is 4.79 Å². The molecule has 2 amide bonds. The molecule has 0 spiro atoms. The van der Waals surface area contributed by atoms with Gasteiger partial charge in [0.05, 0.1) is 33.1 Å². The van der Waals surface area contributed by atoms with Crippen molar-refractivity contribution in [1.29, 1.82) is 0 Å². The molecular weight excluding hydrogens is 340 g/mol. The lowest BCUT2D eigenvalue weighted by molar-refractivity contribution is 0.245. The molecule has 0 unspecified atom stereocenters. The summed E-state index contributed by atoms with van der Waals surface area (Å²) in [5, 5.41) is 7.85. The van der Waals surface area contributed by atoms with Gasteiger partial charge in [0.1, 0.15) is 0 Å². The van der Waals surface area contributed by atoms with Crippen LogP contribution in [0.4, 0.5) is 10.5 Å². The Morgan fingerprint density at radius 3 is 2.16 bits per heavy atom. The van der Waals surface area contributed by atoms with Gasteiger partial charge in [-0.05, 0) is 17.4 Å². The number of methoxy groups -OCH3 is 3. The molecule has 0 aliphatic carbocycles. The largest absolute Gasteiger partial charge is 0.493 e. The van der Waals surface area contributed by atoms with E-state index in [0.717, 1.165) is 4.88 Å². The lowest BCUT2D eigenvalue weighted by Crippen LogP contribution is -2.34. The average molecular weight is 364 g/mol. The SMILES string of the molecule is COc1cc(NC(=O)N[C@H](c2cccs2)C(C)C)cc(OC)c1OC. The first-order valence-corrected chi connectivity index (χ1v) is 8.79. The summed E-state index contributed by atoms with van der Waals surface area (Å²) < 4.78 is 15.9. The second-order valence-electron chi connectivity index (χ2n) is 5.75. The molecule has 0 aliphatic rings. The zero-order valence-electron chi connectivity index (χ0n) is 15.1. The van der Waals surface area contributed by atoms with Crippen LogP contribution in [0.3, 0.4) is 0 Å². The Kier molecular flexibility index (Phi) is 6.52. The van der Waals surface area contributed by atoms with Gasteiger partial charge in [-0.3, -0.25) is 0 Å². The normalized spacial score (nSPS) is 11.8. The van der Waals surface area contributed by atoms with Crippen LogP contribution in [0.1, 0.15) is 24.8 Å². The quantitative estimate of drug-likeness (QED) is 0.769. The van der Waals surface area contributed by atoms with Gasteiger partial charge in [-0.15, -0.1) is 11.3 Å². The van der Waals surface area contributed by atoms with Gasteiger partial charge < -0.3 is 24.8 Å². The van der Waals surface area contributed by atoms with Crippen molar-refractivity contribution < 1.29 is 19.0 Å². The number of thiophene rings is 1. The van der Waals surface area contributed by atoms with E-state index >= 15 is 0 Å². The molecule has 1 aromatic heterocycles. The Morgan fingerprint density at radius 2 is 1.72 bits per heavy atom. The van der Waals surface area contributed by atoms with Crippen LogP contribution in [-0.4, -0.2) is 27.4 Å². The number of anilines is 1. The molecule has 2 aromatic rings. The summed E-state index contributed by atoms with van der Waals surface area (Å²) in [7, 11) is 4.61. The summed E-state index contributed by atoms with van der Waals surface area (Å²) in [6.07, 6.45) is 0. The molecule has 136 valence electrons. The maximum absolute atomic E-state index is 12.4. The highest BCUT2D eigenvalue weighted by Crippen LogP contribution is 2.40. The monoisotopic (exact) mass is 364 g/mol. The molecule has 0 bridgehead atoms. The predicted molar refractivity (Wildman–Crippen MR) is 100 cm³/mol. The molecule has 1 heterocycles. The van der Waals surface area contributed by atoms with Gasteiger partial charge in [0, 0.05) is 17.0 Å². The maximum Gasteiger partial charge on any atom is 0.319 e. The van der Waals surface area contributed by atoms with Crippen LogP contribution in [0.15, 0.2) is 29.6 Å². The minimum Gasteiger partial charge on any atom is -0.493 e. The zero-order valence-corrected chi connectivity index (χ0v) is 15.9. The third-order valence-corrected chi connectivity index (χ3v) is 4.68. The second kappa shape index (κ2) is 8.62. The van der Waals surface area contributed by atoms with E-state index in [1.807, 2.05) is 17.5 Å². The highest BCUT2D eigenvalue weighted by atomic mass is 32.1. The Hall–Kier alpha value is -2.41. The standard InChI is InChI=1S/C18H24N2O4S/c1-11(2)16(15-7-6-8-25-15)20-18(21)19-12-9-13(22-3)17(24-5)14(10-12)23-4/h6-11,16H,1-5H3,(H2,19,20,21)/t16-/m0/s1. The Labute approximate surface area is 152 Å². The van der Waals surface area contributed by atoms with Crippen LogP contribution < -0.4 is 24.8 Å². The Morgan fingerprint density at radius 1 is 1.08 bits per heavy atom. The lowest BCUT2D eigenvalue weighted by Gasteiger charge is -2.22. The van der Waals surface area contributed by atoms with Crippen molar-refractivity contribution in [2.75, 3.05) is 26.6 Å². The van der Waals surface area contributed by atoms with E-state index < -0.39 is 0 Å². The molecule has 25 heavy (non-hydrogen) atoms. The number of nitrogens with one attached hydrogen (secondary N) is 2. The van der Waals surface area contributed by atoms with Crippen molar-refractivity contribution in [1.82, 2.24) is 5.32 Å². The zero-order chi connectivity index (χ0) is 18.4. The van der Waals surface area contributed by atoms with Crippen molar-refractivity contribution in [2.24, 2.45) is 5.92 Å². The number of hydrogen-bond donors (Lipinski definition) is 2. The van der Waals surface area contributed by atoms with Crippen LogP contribution >= 0.6 is 11.3 Å². The van der Waals surface area contributed by atoms with Crippen molar-refractivity contribution in [3.63, 3.8) is 0 Å². The van der Waals surface area contributed by atoms with Gasteiger partial charge in [0.25, 0.3) is 0 Å². The number of rotatable bonds is 7. The topological polar surface area (TPSA) is 68.8 Å². The summed E-state index contributed by atoms with van der Waals surface area (Å²) >= 11 is 1.63. The van der Waals surface area contributed by atoms with E-state index in [4.69, 9.17) is 14.2 Å². The van der Waals surface area contributed by atoms with E-state index in [2.05, 4.69) is 24.5 Å². The number of hydrogen-bond acceptors (Lipinski definition) is 5. The van der Waals surface area contributed by atoms with Crippen LogP contribution in [0.2, 0.25) is 0 Å². The summed E-state index contributed by atoms with van der Waals surface area (Å²) in [6, 6.07) is 7.04. The van der Waals surface area contributed by atoms with Gasteiger partial charge in [0.15, 0.2) is 11.5 Å². The smallest absolute Gasteiger partial charge is 0.319 e. The maximum atomic E-state index is 12.4. The van der Waals surface area contributed by atoms with Gasteiger partial charge in [-0.2, -0.15) is 0 Å². The van der Waals surface area contributed by atoms with Crippen LogP contribution in [0.5, 0.6) is 17.2 Å². The minimum atomic E-state index is -0.290.